The molecule has 0 aliphatic rings. The number of ether oxygens (including phenoxy) is 2. The van der Waals surface area contributed by atoms with E-state index in [1.165, 1.54) is 26.4 Å². The number of hydrogen-bond donors (Lipinski definition) is 2. The van der Waals surface area contributed by atoms with Crippen molar-refractivity contribution < 1.29 is 29.1 Å². The molecule has 0 aliphatic carbocycles. The van der Waals surface area contributed by atoms with Crippen molar-refractivity contribution in [3.63, 3.8) is 0 Å². The van der Waals surface area contributed by atoms with Crippen molar-refractivity contribution in [2.24, 2.45) is 0 Å². The highest BCUT2D eigenvalue weighted by Gasteiger charge is 2.22. The molecule has 114 valence electrons. The average molecular weight is 298 g/mol. The monoisotopic (exact) mass is 298 g/mol. The van der Waals surface area contributed by atoms with Crippen molar-refractivity contribution >= 4 is 17.6 Å². The summed E-state index contributed by atoms with van der Waals surface area (Å²) in [6, 6.07) is 2.27. The van der Waals surface area contributed by atoms with Crippen LogP contribution in [0, 0.1) is 10.1 Å². The van der Waals surface area contributed by atoms with Gasteiger partial charge in [0.15, 0.2) is 11.8 Å². The fourth-order valence-electron chi connectivity index (χ4n) is 1.55. The second-order valence-corrected chi connectivity index (χ2v) is 3.96. The molecule has 2 N–H and O–H groups in total. The first-order chi connectivity index (χ1) is 9.90. The number of nitrogens with one attached hydrogen (secondary N) is 1. The summed E-state index contributed by atoms with van der Waals surface area (Å²) >= 11 is 0. The molecule has 9 nitrogen and oxygen atoms in total. The largest absolute Gasteiger partial charge is 0.490 e. The van der Waals surface area contributed by atoms with E-state index in [-0.39, 0.29) is 23.6 Å². The minimum absolute atomic E-state index is 0.0415. The topological polar surface area (TPSA) is 128 Å². The highest BCUT2D eigenvalue weighted by Crippen LogP contribution is 2.27. The summed E-state index contributed by atoms with van der Waals surface area (Å²) in [5.74, 6) is -2.04. The highest BCUT2D eigenvalue weighted by atomic mass is 16.6. The summed E-state index contributed by atoms with van der Waals surface area (Å²) in [7, 11) is 2.53. The standard InChI is InChI=1S/C12H14N2O7/c1-20-6-8(12(16)17)13-11(15)7-3-4-9(14(18)19)10(5-7)21-2/h3-5,8H,6H2,1-2H3,(H,13,15)(H,16,17). The van der Waals surface area contributed by atoms with E-state index in [1.807, 2.05) is 0 Å². The number of amides is 1. The number of rotatable bonds is 7. The van der Waals surface area contributed by atoms with Crippen LogP contribution in [0.4, 0.5) is 5.69 Å². The van der Waals surface area contributed by atoms with Crippen LogP contribution in [-0.4, -0.2) is 48.8 Å². The van der Waals surface area contributed by atoms with Crippen LogP contribution in [-0.2, 0) is 9.53 Å². The number of carboxylic acids is 1. The maximum Gasteiger partial charge on any atom is 0.328 e. The van der Waals surface area contributed by atoms with Gasteiger partial charge in [0.2, 0.25) is 0 Å². The zero-order valence-corrected chi connectivity index (χ0v) is 11.4. The summed E-state index contributed by atoms with van der Waals surface area (Å²) in [5.41, 5.74) is -0.250. The molecule has 0 fully saturated rings. The number of carboxylic acid groups (broad SMARTS) is 1. The van der Waals surface area contributed by atoms with Crippen LogP contribution in [0.25, 0.3) is 0 Å². The Kier molecular flexibility index (Phi) is 5.61. The van der Waals surface area contributed by atoms with Crippen LogP contribution in [0.1, 0.15) is 10.4 Å². The van der Waals surface area contributed by atoms with Gasteiger partial charge in [0.05, 0.1) is 18.6 Å². The summed E-state index contributed by atoms with van der Waals surface area (Å²) < 4.78 is 9.52. The molecular formula is C12H14N2O7. The fraction of sp³-hybridized carbons (Fsp3) is 0.333. The lowest BCUT2D eigenvalue weighted by molar-refractivity contribution is -0.385. The predicted octanol–water partition coefficient (Wildman–Crippen LogP) is 0.433. The molecule has 0 radical (unpaired) electrons. The SMILES string of the molecule is COCC(NC(=O)c1ccc([N+](=O)[O-])c(OC)c1)C(=O)O. The maximum atomic E-state index is 11.9. The minimum atomic E-state index is -1.25. The number of carbonyl (C=O) groups excluding carboxylic acids is 1. The molecule has 1 aromatic carbocycles. The number of aliphatic carboxylic acids is 1. The van der Waals surface area contributed by atoms with Crippen LogP contribution in [0.5, 0.6) is 5.75 Å². The molecule has 0 saturated carbocycles. The second kappa shape index (κ2) is 7.20. The molecule has 1 amide bonds. The van der Waals surface area contributed by atoms with E-state index < -0.39 is 22.8 Å². The molecule has 0 spiro atoms. The third-order valence-corrected chi connectivity index (χ3v) is 2.58. The Labute approximate surface area is 119 Å². The smallest absolute Gasteiger partial charge is 0.328 e. The van der Waals surface area contributed by atoms with Crippen LogP contribution in [0.3, 0.4) is 0 Å². The van der Waals surface area contributed by atoms with Crippen molar-refractivity contribution in [1.82, 2.24) is 5.32 Å². The summed E-state index contributed by atoms with van der Waals surface area (Å²) in [6.45, 7) is -0.203. The molecule has 9 heteroatoms. The Hall–Kier alpha value is -2.68. The van der Waals surface area contributed by atoms with Gasteiger partial charge in [0, 0.05) is 24.8 Å². The first-order valence-corrected chi connectivity index (χ1v) is 5.75. The van der Waals surface area contributed by atoms with Gasteiger partial charge in [-0.25, -0.2) is 4.79 Å². The van der Waals surface area contributed by atoms with E-state index in [4.69, 9.17) is 9.84 Å². The summed E-state index contributed by atoms with van der Waals surface area (Å²) in [4.78, 5) is 32.9. The Balaban J connectivity index is 2.97. The third-order valence-electron chi connectivity index (χ3n) is 2.58. The van der Waals surface area contributed by atoms with Crippen LogP contribution >= 0.6 is 0 Å². The average Bonchev–Trinajstić information content (AvgIpc) is 2.45. The first-order valence-electron chi connectivity index (χ1n) is 5.75. The normalized spacial score (nSPS) is 11.5. The van der Waals surface area contributed by atoms with Gasteiger partial charge in [-0.2, -0.15) is 0 Å². The van der Waals surface area contributed by atoms with Gasteiger partial charge >= 0.3 is 11.7 Å². The lowest BCUT2D eigenvalue weighted by Crippen LogP contribution is -2.43. The quantitative estimate of drug-likeness (QED) is 0.551. The minimum Gasteiger partial charge on any atom is -0.490 e. The van der Waals surface area contributed by atoms with E-state index in [0.717, 1.165) is 6.07 Å². The molecule has 1 rings (SSSR count). The first kappa shape index (κ1) is 16.4. The van der Waals surface area contributed by atoms with Gasteiger partial charge in [0.1, 0.15) is 0 Å². The highest BCUT2D eigenvalue weighted by molar-refractivity contribution is 5.97. The molecule has 0 saturated heterocycles. The van der Waals surface area contributed by atoms with E-state index >= 15 is 0 Å². The zero-order valence-electron chi connectivity index (χ0n) is 11.4. The van der Waals surface area contributed by atoms with Gasteiger partial charge in [-0.3, -0.25) is 14.9 Å². The lowest BCUT2D eigenvalue weighted by Gasteiger charge is -2.13. The van der Waals surface area contributed by atoms with Crippen molar-refractivity contribution in [2.75, 3.05) is 20.8 Å². The molecule has 0 bridgehead atoms. The van der Waals surface area contributed by atoms with E-state index in [9.17, 15) is 19.7 Å². The molecule has 1 unspecified atom stereocenters. The Morgan fingerprint density at radius 1 is 1.43 bits per heavy atom. The summed E-state index contributed by atoms with van der Waals surface area (Å²) in [6.07, 6.45) is 0. The second-order valence-electron chi connectivity index (χ2n) is 3.96. The van der Waals surface area contributed by atoms with Gasteiger partial charge in [-0.15, -0.1) is 0 Å². The number of benzene rings is 1. The Morgan fingerprint density at radius 2 is 2.10 bits per heavy atom. The van der Waals surface area contributed by atoms with Crippen molar-refractivity contribution in [2.45, 2.75) is 6.04 Å². The number of methoxy groups -OCH3 is 2. The van der Waals surface area contributed by atoms with Crippen LogP contribution < -0.4 is 10.1 Å². The zero-order chi connectivity index (χ0) is 16.0. The van der Waals surface area contributed by atoms with Gasteiger partial charge < -0.3 is 19.9 Å². The van der Waals surface area contributed by atoms with Gasteiger partial charge in [0.25, 0.3) is 5.91 Å². The molecule has 0 heterocycles. The van der Waals surface area contributed by atoms with Crippen molar-refractivity contribution in [1.29, 1.82) is 0 Å². The maximum absolute atomic E-state index is 11.9. The number of nitro benzene ring substituents is 1. The number of nitro groups is 1. The number of nitrogens with zero attached hydrogens (tertiary/aromatic N) is 1. The molecule has 0 aliphatic heterocycles. The van der Waals surface area contributed by atoms with E-state index in [1.54, 1.807) is 0 Å². The predicted molar refractivity (Wildman–Crippen MR) is 70.4 cm³/mol. The number of hydrogen-bond acceptors (Lipinski definition) is 6. The lowest BCUT2D eigenvalue weighted by atomic mass is 10.1. The molecule has 1 atom stereocenters. The number of carbonyl (C=O) groups is 2. The summed E-state index contributed by atoms with van der Waals surface area (Å²) in [5, 5.41) is 21.9. The van der Waals surface area contributed by atoms with Crippen LogP contribution in [0.2, 0.25) is 0 Å². The van der Waals surface area contributed by atoms with E-state index in [2.05, 4.69) is 10.1 Å². The van der Waals surface area contributed by atoms with Crippen molar-refractivity contribution in [3.05, 3.63) is 33.9 Å². The third kappa shape index (κ3) is 4.14. The van der Waals surface area contributed by atoms with Gasteiger partial charge in [-0.05, 0) is 6.07 Å². The molecule has 0 aromatic heterocycles. The Morgan fingerprint density at radius 3 is 2.57 bits per heavy atom. The van der Waals surface area contributed by atoms with Crippen molar-refractivity contribution in [3.8, 4) is 5.75 Å². The fourth-order valence-corrected chi connectivity index (χ4v) is 1.55. The molecule has 21 heavy (non-hydrogen) atoms. The molecule has 1 aromatic rings. The molecular weight excluding hydrogens is 284 g/mol. The van der Waals surface area contributed by atoms with Crippen LogP contribution in [0.15, 0.2) is 18.2 Å². The van der Waals surface area contributed by atoms with E-state index in [0.29, 0.717) is 0 Å². The van der Waals surface area contributed by atoms with Gasteiger partial charge in [-0.1, -0.05) is 0 Å². The Bertz CT molecular complexity index is 559.